The van der Waals surface area contributed by atoms with Gasteiger partial charge in [0, 0.05) is 26.1 Å². The molecule has 2 aliphatic rings. The predicted molar refractivity (Wildman–Crippen MR) is 86.6 cm³/mol. The number of esters is 1. The van der Waals surface area contributed by atoms with Gasteiger partial charge in [0.15, 0.2) is 0 Å². The van der Waals surface area contributed by atoms with Crippen molar-refractivity contribution in [3.63, 3.8) is 0 Å². The molecular formula is C17H22N2O4. The summed E-state index contributed by atoms with van der Waals surface area (Å²) in [6.07, 6.45) is 0.219. The van der Waals surface area contributed by atoms with Gasteiger partial charge in [0.05, 0.1) is 37.1 Å². The molecule has 2 saturated heterocycles. The van der Waals surface area contributed by atoms with E-state index in [9.17, 15) is 9.59 Å². The van der Waals surface area contributed by atoms with E-state index in [0.717, 1.165) is 24.5 Å². The first kappa shape index (κ1) is 15.8. The molecule has 1 atom stereocenters. The van der Waals surface area contributed by atoms with Gasteiger partial charge in [-0.1, -0.05) is 12.1 Å². The summed E-state index contributed by atoms with van der Waals surface area (Å²) in [6, 6.07) is 7.85. The van der Waals surface area contributed by atoms with E-state index in [-0.39, 0.29) is 24.2 Å². The summed E-state index contributed by atoms with van der Waals surface area (Å²) in [5.74, 6) is -0.684. The summed E-state index contributed by atoms with van der Waals surface area (Å²) in [5, 5.41) is 0. The molecule has 2 fully saturated rings. The van der Waals surface area contributed by atoms with Gasteiger partial charge in [-0.05, 0) is 19.1 Å². The molecule has 0 radical (unpaired) electrons. The molecule has 6 nitrogen and oxygen atoms in total. The highest BCUT2D eigenvalue weighted by Crippen LogP contribution is 2.34. The fourth-order valence-corrected chi connectivity index (χ4v) is 3.12. The van der Waals surface area contributed by atoms with Crippen molar-refractivity contribution in [3.05, 3.63) is 24.3 Å². The third-order valence-corrected chi connectivity index (χ3v) is 4.27. The van der Waals surface area contributed by atoms with Crippen molar-refractivity contribution in [2.45, 2.75) is 13.3 Å². The van der Waals surface area contributed by atoms with Gasteiger partial charge in [-0.15, -0.1) is 0 Å². The number of carbonyl (C=O) groups is 2. The molecule has 124 valence electrons. The van der Waals surface area contributed by atoms with Crippen molar-refractivity contribution in [3.8, 4) is 0 Å². The maximum Gasteiger partial charge on any atom is 0.311 e. The monoisotopic (exact) mass is 318 g/mol. The summed E-state index contributed by atoms with van der Waals surface area (Å²) in [5.41, 5.74) is 1.89. The topological polar surface area (TPSA) is 59.1 Å². The number of hydrogen-bond donors (Lipinski definition) is 0. The standard InChI is InChI=1S/C17H22N2O4/c1-2-23-17(21)13-11-16(20)19(12-13)15-6-4-3-5-14(15)18-7-9-22-10-8-18/h3-6,13H,2,7-12H2,1H3/t13-/m0/s1. The number of benzene rings is 1. The minimum Gasteiger partial charge on any atom is -0.466 e. The van der Waals surface area contributed by atoms with Crippen LogP contribution in [-0.2, 0) is 19.1 Å². The maximum atomic E-state index is 12.4. The third kappa shape index (κ3) is 3.32. The Bertz CT molecular complexity index is 584. The van der Waals surface area contributed by atoms with Crippen molar-refractivity contribution >= 4 is 23.3 Å². The van der Waals surface area contributed by atoms with E-state index in [4.69, 9.17) is 9.47 Å². The number of hydrogen-bond acceptors (Lipinski definition) is 5. The Balaban J connectivity index is 1.81. The van der Waals surface area contributed by atoms with Crippen molar-refractivity contribution in [2.24, 2.45) is 5.92 Å². The average Bonchev–Trinajstić information content (AvgIpc) is 2.98. The molecule has 0 unspecified atom stereocenters. The van der Waals surface area contributed by atoms with Crippen LogP contribution < -0.4 is 9.80 Å². The second-order valence-electron chi connectivity index (χ2n) is 5.75. The zero-order valence-corrected chi connectivity index (χ0v) is 13.4. The fraction of sp³-hybridized carbons (Fsp3) is 0.529. The molecule has 3 rings (SSSR count). The highest BCUT2D eigenvalue weighted by atomic mass is 16.5. The van der Waals surface area contributed by atoms with Gasteiger partial charge in [0.1, 0.15) is 0 Å². The smallest absolute Gasteiger partial charge is 0.311 e. The van der Waals surface area contributed by atoms with E-state index in [1.54, 1.807) is 11.8 Å². The maximum absolute atomic E-state index is 12.4. The molecule has 0 spiro atoms. The van der Waals surface area contributed by atoms with Crippen LogP contribution in [0.15, 0.2) is 24.3 Å². The molecule has 23 heavy (non-hydrogen) atoms. The molecule has 0 aromatic heterocycles. The number of anilines is 2. The highest BCUT2D eigenvalue weighted by molar-refractivity contribution is 6.01. The number of para-hydroxylation sites is 2. The molecule has 6 heteroatoms. The van der Waals surface area contributed by atoms with Crippen molar-refractivity contribution in [2.75, 3.05) is 49.3 Å². The number of rotatable bonds is 4. The quantitative estimate of drug-likeness (QED) is 0.786. The second-order valence-corrected chi connectivity index (χ2v) is 5.75. The Kier molecular flexibility index (Phi) is 4.81. The molecule has 0 saturated carbocycles. The lowest BCUT2D eigenvalue weighted by molar-refractivity contribution is -0.147. The summed E-state index contributed by atoms with van der Waals surface area (Å²) < 4.78 is 10.5. The van der Waals surface area contributed by atoms with Crippen LogP contribution in [0, 0.1) is 5.92 Å². The minimum absolute atomic E-state index is 0.0243. The largest absolute Gasteiger partial charge is 0.466 e. The summed E-state index contributed by atoms with van der Waals surface area (Å²) in [6.45, 7) is 5.50. The lowest BCUT2D eigenvalue weighted by atomic mass is 10.1. The Labute approximate surface area is 136 Å². The normalized spacial score (nSPS) is 21.6. The Morgan fingerprint density at radius 1 is 1.26 bits per heavy atom. The Morgan fingerprint density at radius 2 is 1.96 bits per heavy atom. The van der Waals surface area contributed by atoms with Gasteiger partial charge in [-0.25, -0.2) is 0 Å². The molecule has 0 bridgehead atoms. The van der Waals surface area contributed by atoms with Crippen molar-refractivity contribution in [1.82, 2.24) is 0 Å². The van der Waals surface area contributed by atoms with Crippen LogP contribution in [0.5, 0.6) is 0 Å². The summed E-state index contributed by atoms with van der Waals surface area (Å²) in [4.78, 5) is 28.3. The van der Waals surface area contributed by atoms with Gasteiger partial charge in [-0.2, -0.15) is 0 Å². The fourth-order valence-electron chi connectivity index (χ4n) is 3.12. The van der Waals surface area contributed by atoms with Crippen LogP contribution >= 0.6 is 0 Å². The van der Waals surface area contributed by atoms with Crippen LogP contribution in [0.3, 0.4) is 0 Å². The predicted octanol–water partition coefficient (Wildman–Crippen LogP) is 1.44. The van der Waals surface area contributed by atoms with Gasteiger partial charge >= 0.3 is 5.97 Å². The zero-order valence-electron chi connectivity index (χ0n) is 13.4. The van der Waals surface area contributed by atoms with Crippen LogP contribution in [-0.4, -0.2) is 51.3 Å². The van der Waals surface area contributed by atoms with E-state index in [2.05, 4.69) is 4.90 Å². The molecule has 1 aromatic carbocycles. The molecular weight excluding hydrogens is 296 g/mol. The van der Waals surface area contributed by atoms with E-state index in [0.29, 0.717) is 26.4 Å². The highest BCUT2D eigenvalue weighted by Gasteiger charge is 2.37. The minimum atomic E-state index is -0.375. The molecule has 1 aromatic rings. The number of amides is 1. The first-order chi connectivity index (χ1) is 11.2. The van der Waals surface area contributed by atoms with Crippen molar-refractivity contribution < 1.29 is 19.1 Å². The number of ether oxygens (including phenoxy) is 2. The lowest BCUT2D eigenvalue weighted by Gasteiger charge is -2.32. The SMILES string of the molecule is CCOC(=O)[C@H]1CC(=O)N(c2ccccc2N2CCOCC2)C1. The first-order valence-electron chi connectivity index (χ1n) is 8.09. The van der Waals surface area contributed by atoms with E-state index < -0.39 is 0 Å². The van der Waals surface area contributed by atoms with Gasteiger partial charge in [-0.3, -0.25) is 9.59 Å². The lowest BCUT2D eigenvalue weighted by Crippen LogP contribution is -2.38. The molecule has 2 heterocycles. The number of morpholine rings is 1. The number of nitrogens with zero attached hydrogens (tertiary/aromatic N) is 2. The van der Waals surface area contributed by atoms with E-state index >= 15 is 0 Å². The molecule has 0 aliphatic carbocycles. The van der Waals surface area contributed by atoms with E-state index in [1.165, 1.54) is 0 Å². The van der Waals surface area contributed by atoms with Gasteiger partial charge in [0.25, 0.3) is 0 Å². The van der Waals surface area contributed by atoms with Gasteiger partial charge in [0.2, 0.25) is 5.91 Å². The average molecular weight is 318 g/mol. The molecule has 1 amide bonds. The number of carbonyl (C=O) groups excluding carboxylic acids is 2. The first-order valence-corrected chi connectivity index (χ1v) is 8.09. The molecule has 2 aliphatic heterocycles. The van der Waals surface area contributed by atoms with E-state index in [1.807, 2.05) is 24.3 Å². The van der Waals surface area contributed by atoms with Crippen LogP contribution in [0.2, 0.25) is 0 Å². The van der Waals surface area contributed by atoms with Crippen LogP contribution in [0.4, 0.5) is 11.4 Å². The molecule has 0 N–H and O–H groups in total. The van der Waals surface area contributed by atoms with Gasteiger partial charge < -0.3 is 19.3 Å². The third-order valence-electron chi connectivity index (χ3n) is 4.27. The van der Waals surface area contributed by atoms with Crippen LogP contribution in [0.1, 0.15) is 13.3 Å². The van der Waals surface area contributed by atoms with Crippen LogP contribution in [0.25, 0.3) is 0 Å². The van der Waals surface area contributed by atoms with Crippen molar-refractivity contribution in [1.29, 1.82) is 0 Å². The summed E-state index contributed by atoms with van der Waals surface area (Å²) in [7, 11) is 0. The second kappa shape index (κ2) is 7.00. The zero-order chi connectivity index (χ0) is 16.2. The summed E-state index contributed by atoms with van der Waals surface area (Å²) >= 11 is 0. The Hall–Kier alpha value is -2.08. The Morgan fingerprint density at radius 3 is 2.65 bits per heavy atom.